The van der Waals surface area contributed by atoms with E-state index in [1.807, 2.05) is 12.1 Å². The molecule has 0 heterocycles. The first kappa shape index (κ1) is 22.9. The summed E-state index contributed by atoms with van der Waals surface area (Å²) in [6.07, 6.45) is 5.29. The van der Waals surface area contributed by atoms with Crippen molar-refractivity contribution in [3.8, 4) is 11.5 Å². The van der Waals surface area contributed by atoms with E-state index in [1.165, 1.54) is 11.3 Å². The highest BCUT2D eigenvalue weighted by atomic mass is 35.5. The smallest absolute Gasteiger partial charge is 0.248 e. The van der Waals surface area contributed by atoms with Crippen molar-refractivity contribution in [3.05, 3.63) is 54.1 Å². The van der Waals surface area contributed by atoms with E-state index >= 15 is 0 Å². The summed E-state index contributed by atoms with van der Waals surface area (Å²) in [5, 5.41) is 3.17. The number of alkyl halides is 1. The first-order chi connectivity index (χ1) is 15.1. The highest BCUT2D eigenvalue weighted by Crippen LogP contribution is 2.31. The highest BCUT2D eigenvalue weighted by molar-refractivity contribution is 6.29. The maximum absolute atomic E-state index is 13.5. The number of carbonyl (C=O) groups excluding carboxylic acids is 2. The number of carbonyl (C=O) groups is 2. The van der Waals surface area contributed by atoms with Crippen LogP contribution in [0.1, 0.15) is 43.7 Å². The minimum atomic E-state index is -0.854. The Morgan fingerprint density at radius 3 is 2.03 bits per heavy atom. The molecule has 0 radical (unpaired) electrons. The van der Waals surface area contributed by atoms with Crippen molar-refractivity contribution in [2.75, 3.05) is 25.0 Å². The van der Waals surface area contributed by atoms with Crippen LogP contribution >= 0.6 is 11.6 Å². The number of ether oxygens (including phenoxy) is 2. The van der Waals surface area contributed by atoms with Gasteiger partial charge >= 0.3 is 0 Å². The number of benzene rings is 2. The number of nitrogens with zero attached hydrogens (tertiary/aromatic N) is 1. The van der Waals surface area contributed by atoms with Crippen LogP contribution in [0.3, 0.4) is 0 Å². The van der Waals surface area contributed by atoms with E-state index < -0.39 is 6.04 Å². The molecule has 6 nitrogen and oxygen atoms in total. The Labute approximate surface area is 188 Å². The summed E-state index contributed by atoms with van der Waals surface area (Å²) in [6, 6.07) is 13.5. The Morgan fingerprint density at radius 2 is 1.52 bits per heavy atom. The van der Waals surface area contributed by atoms with Gasteiger partial charge in [0.1, 0.15) is 23.4 Å². The summed E-state index contributed by atoms with van der Waals surface area (Å²) in [7, 11) is 3.16. The SMILES string of the molecule is COc1ccc([C@@H](C(=O)NC2CCCCC2)N(C(=O)CCl)c2ccc(OC)cc2)cc1. The van der Waals surface area contributed by atoms with Crippen molar-refractivity contribution in [1.82, 2.24) is 5.32 Å². The second kappa shape index (κ2) is 11.0. The zero-order chi connectivity index (χ0) is 22.2. The van der Waals surface area contributed by atoms with Crippen LogP contribution in [0.5, 0.6) is 11.5 Å². The Kier molecular flexibility index (Phi) is 8.18. The van der Waals surface area contributed by atoms with Gasteiger partial charge in [-0.15, -0.1) is 11.6 Å². The molecule has 0 aliphatic heterocycles. The fourth-order valence-electron chi connectivity index (χ4n) is 3.98. The Hall–Kier alpha value is -2.73. The van der Waals surface area contributed by atoms with Gasteiger partial charge in [-0.1, -0.05) is 31.4 Å². The van der Waals surface area contributed by atoms with Crippen molar-refractivity contribution in [2.24, 2.45) is 0 Å². The number of amides is 2. The fourth-order valence-corrected chi connectivity index (χ4v) is 4.10. The lowest BCUT2D eigenvalue weighted by molar-refractivity contribution is -0.126. The van der Waals surface area contributed by atoms with Gasteiger partial charge in [-0.05, 0) is 54.8 Å². The summed E-state index contributed by atoms with van der Waals surface area (Å²) in [5.74, 6) is 0.525. The van der Waals surface area contributed by atoms with Crippen LogP contribution in [-0.2, 0) is 9.59 Å². The van der Waals surface area contributed by atoms with Crippen molar-refractivity contribution < 1.29 is 19.1 Å². The molecule has 0 unspecified atom stereocenters. The van der Waals surface area contributed by atoms with Crippen molar-refractivity contribution in [3.63, 3.8) is 0 Å². The zero-order valence-corrected chi connectivity index (χ0v) is 18.7. The maximum Gasteiger partial charge on any atom is 0.248 e. The molecule has 1 N–H and O–H groups in total. The van der Waals surface area contributed by atoms with Crippen molar-refractivity contribution in [1.29, 1.82) is 0 Å². The van der Waals surface area contributed by atoms with Crippen LogP contribution in [0.25, 0.3) is 0 Å². The van der Waals surface area contributed by atoms with E-state index in [4.69, 9.17) is 21.1 Å². The summed E-state index contributed by atoms with van der Waals surface area (Å²) < 4.78 is 10.5. The third-order valence-electron chi connectivity index (χ3n) is 5.62. The molecular weight excluding hydrogens is 416 g/mol. The van der Waals surface area contributed by atoms with E-state index in [0.29, 0.717) is 22.7 Å². The van der Waals surface area contributed by atoms with Crippen LogP contribution in [0.4, 0.5) is 5.69 Å². The molecule has 0 aromatic heterocycles. The van der Waals surface area contributed by atoms with Gasteiger partial charge < -0.3 is 14.8 Å². The van der Waals surface area contributed by atoms with Gasteiger partial charge in [0.05, 0.1) is 14.2 Å². The summed E-state index contributed by atoms with van der Waals surface area (Å²) >= 11 is 5.96. The average molecular weight is 445 g/mol. The molecule has 0 bridgehead atoms. The molecule has 166 valence electrons. The van der Waals surface area contributed by atoms with Gasteiger partial charge in [0.15, 0.2) is 0 Å². The van der Waals surface area contributed by atoms with E-state index in [1.54, 1.807) is 50.6 Å². The van der Waals surface area contributed by atoms with Crippen molar-refractivity contribution >= 4 is 29.1 Å². The summed E-state index contributed by atoms with van der Waals surface area (Å²) in [5.41, 5.74) is 1.26. The van der Waals surface area contributed by atoms with Crippen LogP contribution in [0, 0.1) is 0 Å². The van der Waals surface area contributed by atoms with E-state index in [0.717, 1.165) is 25.7 Å². The number of nitrogens with one attached hydrogen (secondary N) is 1. The molecule has 3 rings (SSSR count). The molecule has 0 spiro atoms. The fraction of sp³-hybridized carbons (Fsp3) is 0.417. The quantitative estimate of drug-likeness (QED) is 0.610. The molecule has 31 heavy (non-hydrogen) atoms. The third kappa shape index (κ3) is 5.70. The van der Waals surface area contributed by atoms with Gasteiger partial charge in [0.2, 0.25) is 11.8 Å². The Morgan fingerprint density at radius 1 is 0.968 bits per heavy atom. The van der Waals surface area contributed by atoms with Gasteiger partial charge in [-0.25, -0.2) is 0 Å². The monoisotopic (exact) mass is 444 g/mol. The van der Waals surface area contributed by atoms with E-state index in [9.17, 15) is 9.59 Å². The second-order valence-corrected chi connectivity index (χ2v) is 7.88. The summed E-state index contributed by atoms with van der Waals surface area (Å²) in [4.78, 5) is 27.9. The lowest BCUT2D eigenvalue weighted by Gasteiger charge is -2.33. The minimum Gasteiger partial charge on any atom is -0.497 e. The maximum atomic E-state index is 13.5. The number of hydrogen-bond donors (Lipinski definition) is 1. The molecule has 1 atom stereocenters. The van der Waals surface area contributed by atoms with Gasteiger partial charge in [0.25, 0.3) is 0 Å². The number of methoxy groups -OCH3 is 2. The number of anilines is 1. The van der Waals surface area contributed by atoms with Gasteiger partial charge in [-0.2, -0.15) is 0 Å². The second-order valence-electron chi connectivity index (χ2n) is 7.61. The molecule has 2 aromatic rings. The highest BCUT2D eigenvalue weighted by Gasteiger charge is 2.33. The predicted octanol–water partition coefficient (Wildman–Crippen LogP) is 4.47. The largest absolute Gasteiger partial charge is 0.497 e. The lowest BCUT2D eigenvalue weighted by atomic mass is 9.94. The lowest BCUT2D eigenvalue weighted by Crippen LogP contribution is -2.47. The number of halogens is 1. The average Bonchev–Trinajstić information content (AvgIpc) is 2.83. The van der Waals surface area contributed by atoms with Gasteiger partial charge in [0, 0.05) is 11.7 Å². The minimum absolute atomic E-state index is 0.116. The Bertz CT molecular complexity index is 864. The molecule has 1 aliphatic rings. The predicted molar refractivity (Wildman–Crippen MR) is 122 cm³/mol. The molecule has 0 saturated heterocycles. The number of hydrogen-bond acceptors (Lipinski definition) is 4. The van der Waals surface area contributed by atoms with Crippen LogP contribution < -0.4 is 19.7 Å². The van der Waals surface area contributed by atoms with Crippen LogP contribution in [0.15, 0.2) is 48.5 Å². The topological polar surface area (TPSA) is 67.9 Å². The molecule has 7 heteroatoms. The third-order valence-corrected chi connectivity index (χ3v) is 5.85. The van der Waals surface area contributed by atoms with Crippen LogP contribution in [0.2, 0.25) is 0 Å². The summed E-state index contributed by atoms with van der Waals surface area (Å²) in [6.45, 7) is 0. The zero-order valence-electron chi connectivity index (χ0n) is 18.0. The van der Waals surface area contributed by atoms with Gasteiger partial charge in [-0.3, -0.25) is 14.5 Å². The number of rotatable bonds is 8. The van der Waals surface area contributed by atoms with E-state index in [2.05, 4.69) is 5.32 Å². The molecule has 2 aromatic carbocycles. The Balaban J connectivity index is 2.00. The van der Waals surface area contributed by atoms with Crippen molar-refractivity contribution in [2.45, 2.75) is 44.2 Å². The first-order valence-electron chi connectivity index (χ1n) is 10.5. The van der Waals surface area contributed by atoms with Crippen LogP contribution in [-0.4, -0.2) is 38.0 Å². The molecule has 1 fully saturated rings. The molecule has 1 saturated carbocycles. The van der Waals surface area contributed by atoms with E-state index in [-0.39, 0.29) is 23.7 Å². The standard InChI is InChI=1S/C24H29ClN2O4/c1-30-20-12-8-17(9-13-20)23(24(29)26-18-6-4-3-5-7-18)27(22(28)16-25)19-10-14-21(31-2)15-11-19/h8-15,18,23H,3-7,16H2,1-2H3,(H,26,29)/t23-/m0/s1. The first-order valence-corrected chi connectivity index (χ1v) is 11.1. The molecule has 2 amide bonds. The molecule has 1 aliphatic carbocycles. The normalized spacial score (nSPS) is 15.1. The molecular formula is C24H29ClN2O4.